The Morgan fingerprint density at radius 1 is 1.20 bits per heavy atom. The highest BCUT2D eigenvalue weighted by molar-refractivity contribution is 5.96. The molecule has 6 nitrogen and oxygen atoms in total. The van der Waals surface area contributed by atoms with E-state index in [1.807, 2.05) is 6.07 Å². The number of nitro benzene ring substituents is 1. The largest absolute Gasteiger partial charge is 0.478 e. The zero-order chi connectivity index (χ0) is 14.7. The summed E-state index contributed by atoms with van der Waals surface area (Å²) in [7, 11) is 0. The lowest BCUT2D eigenvalue weighted by atomic mass is 9.98. The second-order valence-electron chi connectivity index (χ2n) is 3.98. The van der Waals surface area contributed by atoms with E-state index in [1.54, 1.807) is 12.1 Å². The minimum Gasteiger partial charge on any atom is -0.478 e. The van der Waals surface area contributed by atoms with Crippen LogP contribution >= 0.6 is 0 Å². The molecule has 2 rings (SSSR count). The van der Waals surface area contributed by atoms with Crippen molar-refractivity contribution in [3.63, 3.8) is 0 Å². The summed E-state index contributed by atoms with van der Waals surface area (Å²) >= 11 is 0. The average molecular weight is 268 g/mol. The number of hydrogen-bond acceptors (Lipinski definition) is 4. The van der Waals surface area contributed by atoms with Crippen LogP contribution in [-0.4, -0.2) is 16.0 Å². The molecule has 0 saturated carbocycles. The Hall–Kier alpha value is -3.20. The maximum absolute atomic E-state index is 11.2. The summed E-state index contributed by atoms with van der Waals surface area (Å²) in [5.41, 5.74) is 0.965. The maximum Gasteiger partial charge on any atom is 0.336 e. The monoisotopic (exact) mass is 268 g/mol. The van der Waals surface area contributed by atoms with Gasteiger partial charge in [-0.1, -0.05) is 12.1 Å². The van der Waals surface area contributed by atoms with Crippen LogP contribution < -0.4 is 0 Å². The van der Waals surface area contributed by atoms with Crippen LogP contribution in [0.25, 0.3) is 11.1 Å². The molecule has 0 atom stereocenters. The average Bonchev–Trinajstić information content (AvgIpc) is 2.46. The van der Waals surface area contributed by atoms with Gasteiger partial charge in [-0.25, -0.2) is 4.79 Å². The van der Waals surface area contributed by atoms with Crippen LogP contribution in [0, 0.1) is 21.4 Å². The van der Waals surface area contributed by atoms with Crippen molar-refractivity contribution < 1.29 is 14.8 Å². The predicted molar refractivity (Wildman–Crippen MR) is 70.2 cm³/mol. The van der Waals surface area contributed by atoms with Gasteiger partial charge in [0.05, 0.1) is 22.1 Å². The van der Waals surface area contributed by atoms with Crippen molar-refractivity contribution in [1.82, 2.24) is 0 Å². The Labute approximate surface area is 113 Å². The highest BCUT2D eigenvalue weighted by Crippen LogP contribution is 2.28. The zero-order valence-electron chi connectivity index (χ0n) is 10.1. The number of carboxylic acids is 1. The van der Waals surface area contributed by atoms with Crippen LogP contribution in [0.5, 0.6) is 0 Å². The summed E-state index contributed by atoms with van der Waals surface area (Å²) in [5, 5.41) is 28.6. The topological polar surface area (TPSA) is 104 Å². The number of hydrogen-bond donors (Lipinski definition) is 1. The lowest BCUT2D eigenvalue weighted by Crippen LogP contribution is -2.00. The van der Waals surface area contributed by atoms with Gasteiger partial charge in [0, 0.05) is 17.7 Å². The molecule has 0 aliphatic carbocycles. The lowest BCUT2D eigenvalue weighted by molar-refractivity contribution is -0.384. The van der Waals surface area contributed by atoms with Gasteiger partial charge in [-0.05, 0) is 23.8 Å². The molecule has 0 heterocycles. The molecule has 1 N–H and O–H groups in total. The fourth-order valence-corrected chi connectivity index (χ4v) is 1.80. The summed E-state index contributed by atoms with van der Waals surface area (Å²) in [6.45, 7) is 0. The quantitative estimate of drug-likeness (QED) is 0.680. The standard InChI is InChI=1S/C14H8N2O4/c15-8-9-1-3-10(4-2-9)13-7-11(16(19)20)5-6-12(13)14(17)18/h1-7H,(H,17,18). The van der Waals surface area contributed by atoms with Crippen molar-refractivity contribution >= 4 is 11.7 Å². The zero-order valence-corrected chi connectivity index (χ0v) is 10.1. The Morgan fingerprint density at radius 3 is 2.35 bits per heavy atom. The predicted octanol–water partition coefficient (Wildman–Crippen LogP) is 2.83. The molecule has 0 aliphatic heterocycles. The first-order valence-corrected chi connectivity index (χ1v) is 5.55. The summed E-state index contributed by atoms with van der Waals surface area (Å²) in [6, 6.07) is 11.7. The Balaban J connectivity index is 2.62. The smallest absolute Gasteiger partial charge is 0.336 e. The van der Waals surface area contributed by atoms with E-state index >= 15 is 0 Å². The molecule has 0 spiro atoms. The first-order chi connectivity index (χ1) is 9.52. The number of carbonyl (C=O) groups is 1. The van der Waals surface area contributed by atoms with Crippen LogP contribution in [0.15, 0.2) is 42.5 Å². The van der Waals surface area contributed by atoms with Crippen LogP contribution in [0.1, 0.15) is 15.9 Å². The van der Waals surface area contributed by atoms with Crippen molar-refractivity contribution in [2.24, 2.45) is 0 Å². The van der Waals surface area contributed by atoms with Crippen LogP contribution in [0.2, 0.25) is 0 Å². The van der Waals surface area contributed by atoms with Gasteiger partial charge in [-0.15, -0.1) is 0 Å². The van der Waals surface area contributed by atoms with Crippen LogP contribution in [0.3, 0.4) is 0 Å². The van der Waals surface area contributed by atoms with Crippen molar-refractivity contribution in [3.05, 3.63) is 63.7 Å². The number of nitrogens with zero attached hydrogens (tertiary/aromatic N) is 2. The van der Waals surface area contributed by atoms with E-state index in [4.69, 9.17) is 10.4 Å². The van der Waals surface area contributed by atoms with Crippen molar-refractivity contribution in [1.29, 1.82) is 5.26 Å². The van der Waals surface area contributed by atoms with E-state index in [0.29, 0.717) is 11.1 Å². The highest BCUT2D eigenvalue weighted by atomic mass is 16.6. The molecule has 0 unspecified atom stereocenters. The number of carboxylic acid groups (broad SMARTS) is 1. The Morgan fingerprint density at radius 2 is 1.85 bits per heavy atom. The highest BCUT2D eigenvalue weighted by Gasteiger charge is 2.16. The van der Waals surface area contributed by atoms with Crippen LogP contribution in [0.4, 0.5) is 5.69 Å². The Kier molecular flexibility index (Phi) is 3.44. The number of nitriles is 1. The molecule has 20 heavy (non-hydrogen) atoms. The van der Waals surface area contributed by atoms with Gasteiger partial charge in [0.25, 0.3) is 5.69 Å². The van der Waals surface area contributed by atoms with Gasteiger partial charge in [-0.2, -0.15) is 5.26 Å². The number of benzene rings is 2. The van der Waals surface area contributed by atoms with Gasteiger partial charge in [0.15, 0.2) is 0 Å². The van der Waals surface area contributed by atoms with Gasteiger partial charge in [0.1, 0.15) is 0 Å². The normalized spacial score (nSPS) is 9.75. The molecule has 0 fully saturated rings. The van der Waals surface area contributed by atoms with E-state index in [1.165, 1.54) is 24.3 Å². The molecular weight excluding hydrogens is 260 g/mol. The summed E-state index contributed by atoms with van der Waals surface area (Å²) in [4.78, 5) is 21.4. The first kappa shape index (κ1) is 13.2. The van der Waals surface area contributed by atoms with Gasteiger partial charge >= 0.3 is 5.97 Å². The molecule has 0 aliphatic rings. The van der Waals surface area contributed by atoms with Crippen molar-refractivity contribution in [2.45, 2.75) is 0 Å². The molecule has 0 aromatic heterocycles. The third-order valence-electron chi connectivity index (χ3n) is 2.77. The number of nitro groups is 1. The molecule has 0 bridgehead atoms. The van der Waals surface area contributed by atoms with Gasteiger partial charge in [0.2, 0.25) is 0 Å². The molecule has 98 valence electrons. The second-order valence-corrected chi connectivity index (χ2v) is 3.98. The second kappa shape index (κ2) is 5.20. The van der Waals surface area contributed by atoms with E-state index in [0.717, 1.165) is 6.07 Å². The molecule has 2 aromatic carbocycles. The minimum absolute atomic E-state index is 0.0275. The van der Waals surface area contributed by atoms with E-state index < -0.39 is 10.9 Å². The van der Waals surface area contributed by atoms with E-state index in [2.05, 4.69) is 0 Å². The Bertz CT molecular complexity index is 730. The third-order valence-corrected chi connectivity index (χ3v) is 2.77. The van der Waals surface area contributed by atoms with Crippen LogP contribution in [-0.2, 0) is 0 Å². The number of rotatable bonds is 3. The first-order valence-electron chi connectivity index (χ1n) is 5.55. The summed E-state index contributed by atoms with van der Waals surface area (Å²) in [5.74, 6) is -1.17. The van der Waals surface area contributed by atoms with Gasteiger partial charge in [-0.3, -0.25) is 10.1 Å². The van der Waals surface area contributed by atoms with Crippen molar-refractivity contribution in [3.8, 4) is 17.2 Å². The molecule has 2 aromatic rings. The van der Waals surface area contributed by atoms with Crippen molar-refractivity contribution in [2.75, 3.05) is 0 Å². The van der Waals surface area contributed by atoms with Gasteiger partial charge < -0.3 is 5.11 Å². The molecule has 6 heteroatoms. The summed E-state index contributed by atoms with van der Waals surface area (Å²) in [6.07, 6.45) is 0. The van der Waals surface area contributed by atoms with E-state index in [-0.39, 0.29) is 16.8 Å². The molecule has 0 radical (unpaired) electrons. The maximum atomic E-state index is 11.2. The fraction of sp³-hybridized carbons (Fsp3) is 0. The fourth-order valence-electron chi connectivity index (χ4n) is 1.80. The molecule has 0 amide bonds. The van der Waals surface area contributed by atoms with E-state index in [9.17, 15) is 14.9 Å². The minimum atomic E-state index is -1.17. The molecule has 0 saturated heterocycles. The molecular formula is C14H8N2O4. The number of aromatic carboxylic acids is 1. The number of non-ortho nitro benzene ring substituents is 1. The third kappa shape index (κ3) is 2.47. The SMILES string of the molecule is N#Cc1ccc(-c2cc([N+](=O)[O-])ccc2C(=O)O)cc1. The lowest BCUT2D eigenvalue weighted by Gasteiger charge is -2.06. The summed E-state index contributed by atoms with van der Waals surface area (Å²) < 4.78 is 0.